The zero-order valence-electron chi connectivity index (χ0n) is 26.5. The van der Waals surface area contributed by atoms with Crippen LogP contribution in [0, 0.1) is 0 Å². The Morgan fingerprint density at radius 1 is 0.643 bits per heavy atom. The molecule has 1 rings (SSSR count). The Morgan fingerprint density at radius 2 is 0.952 bits per heavy atom. The summed E-state index contributed by atoms with van der Waals surface area (Å²) in [6.07, 6.45) is -2.15. The number of nitrogens with zero attached hydrogens (tertiary/aromatic N) is 2. The molecule has 0 N–H and O–H groups in total. The Balaban J connectivity index is 2.87. The molecule has 1 aromatic rings. The fraction of sp³-hybridized carbons (Fsp3) is 0.840. The molecule has 1 heterocycles. The van der Waals surface area contributed by atoms with Crippen molar-refractivity contribution in [3.05, 3.63) is 6.07 Å². The number of hydrogen-bond donors (Lipinski definition) is 0. The highest BCUT2D eigenvalue weighted by atomic mass is 32.2. The van der Waals surface area contributed by atoms with E-state index in [9.17, 15) is 17.5 Å². The van der Waals surface area contributed by atoms with E-state index in [1.807, 2.05) is 0 Å². The van der Waals surface area contributed by atoms with Crippen LogP contribution in [-0.2, 0) is 46.5 Å². The van der Waals surface area contributed by atoms with Crippen LogP contribution < -0.4 is 9.47 Å². The van der Waals surface area contributed by atoms with Gasteiger partial charge in [-0.3, -0.25) is 9.13 Å². The Labute approximate surface area is 250 Å². The van der Waals surface area contributed by atoms with Crippen molar-refractivity contribution >= 4 is 25.0 Å². The van der Waals surface area contributed by atoms with Crippen molar-refractivity contribution in [3.63, 3.8) is 0 Å². The minimum Gasteiger partial charge on any atom is -0.475 e. The molecule has 1 aromatic heterocycles. The summed E-state index contributed by atoms with van der Waals surface area (Å²) in [4.78, 5) is 7.91. The molecule has 0 unspecified atom stereocenters. The number of sulfone groups is 1. The highest BCUT2D eigenvalue weighted by molar-refractivity contribution is 7.90. The first kappa shape index (κ1) is 38.9. The minimum absolute atomic E-state index is 0.0660. The molecule has 0 amide bonds. The van der Waals surface area contributed by atoms with Gasteiger partial charge in [0, 0.05) is 6.26 Å². The number of hydrogen-bond acceptors (Lipinski definition) is 14. The second-order valence-electron chi connectivity index (χ2n) is 10.8. The predicted molar refractivity (Wildman–Crippen MR) is 157 cm³/mol. The van der Waals surface area contributed by atoms with Crippen LogP contribution in [0.4, 0.5) is 0 Å². The molecule has 0 bridgehead atoms. The molecule has 0 aliphatic heterocycles. The van der Waals surface area contributed by atoms with E-state index in [1.165, 1.54) is 6.07 Å². The molecule has 2 atom stereocenters. The fourth-order valence-corrected chi connectivity index (χ4v) is 7.39. The van der Waals surface area contributed by atoms with E-state index in [0.29, 0.717) is 0 Å². The third kappa shape index (κ3) is 16.1. The van der Waals surface area contributed by atoms with Gasteiger partial charge < -0.3 is 37.0 Å². The quantitative estimate of drug-likeness (QED) is 0.120. The zero-order chi connectivity index (χ0) is 32.3. The van der Waals surface area contributed by atoms with E-state index in [-0.39, 0.29) is 62.1 Å². The van der Waals surface area contributed by atoms with Gasteiger partial charge in [0.15, 0.2) is 0 Å². The van der Waals surface area contributed by atoms with E-state index >= 15 is 0 Å². The molecule has 0 radical (unpaired) electrons. The molecule has 14 nitrogen and oxygen atoms in total. The highest BCUT2D eigenvalue weighted by Crippen LogP contribution is 2.51. The van der Waals surface area contributed by atoms with Gasteiger partial charge in [-0.15, -0.1) is 0 Å². The highest BCUT2D eigenvalue weighted by Gasteiger charge is 2.30. The van der Waals surface area contributed by atoms with E-state index in [1.54, 1.807) is 69.2 Å². The van der Waals surface area contributed by atoms with Crippen molar-refractivity contribution < 1.29 is 54.6 Å². The average Bonchev–Trinajstić information content (AvgIpc) is 2.81. The first-order valence-electron chi connectivity index (χ1n) is 13.7. The van der Waals surface area contributed by atoms with Crippen molar-refractivity contribution in [2.45, 2.75) is 111 Å². The Morgan fingerprint density at radius 3 is 1.21 bits per heavy atom. The Kier molecular flexibility index (Phi) is 16.1. The first-order valence-corrected chi connectivity index (χ1v) is 19.1. The van der Waals surface area contributed by atoms with Crippen LogP contribution in [0.2, 0.25) is 0 Å². The van der Waals surface area contributed by atoms with Crippen LogP contribution in [0.3, 0.4) is 0 Å². The van der Waals surface area contributed by atoms with Crippen molar-refractivity contribution in [1.29, 1.82) is 0 Å². The van der Waals surface area contributed by atoms with Crippen molar-refractivity contribution in [3.8, 4) is 11.8 Å². The second kappa shape index (κ2) is 17.4. The largest absolute Gasteiger partial charge is 0.475 e. The average molecular weight is 663 g/mol. The molecule has 17 heteroatoms. The van der Waals surface area contributed by atoms with E-state index in [2.05, 4.69) is 9.97 Å². The maximum Gasteiger partial charge on any atom is 0.356 e. The molecule has 246 valence electrons. The maximum absolute atomic E-state index is 13.0. The topological polar surface area (TPSA) is 168 Å². The monoisotopic (exact) mass is 662 g/mol. The van der Waals surface area contributed by atoms with Gasteiger partial charge in [0.1, 0.15) is 25.9 Å². The molecular weight excluding hydrogens is 614 g/mol. The van der Waals surface area contributed by atoms with Crippen LogP contribution in [0.1, 0.15) is 69.2 Å². The molecule has 0 aliphatic rings. The number of ether oxygens (including phenoxy) is 4. The lowest BCUT2D eigenvalue weighted by atomic mass is 10.4. The van der Waals surface area contributed by atoms with E-state index in [4.69, 9.17) is 37.0 Å². The Bertz CT molecular complexity index is 1070. The van der Waals surface area contributed by atoms with Crippen LogP contribution in [0.5, 0.6) is 11.8 Å². The third-order valence-corrected chi connectivity index (χ3v) is 9.19. The van der Waals surface area contributed by atoms with Gasteiger partial charge in [0.25, 0.3) is 5.16 Å². The fourth-order valence-electron chi connectivity index (χ4n) is 3.09. The lowest BCUT2D eigenvalue weighted by Crippen LogP contribution is -2.22. The molecule has 0 aromatic carbocycles. The van der Waals surface area contributed by atoms with Crippen LogP contribution >= 0.6 is 15.2 Å². The molecule has 42 heavy (non-hydrogen) atoms. The number of aromatic nitrogens is 2. The minimum atomic E-state index is -3.82. The summed E-state index contributed by atoms with van der Waals surface area (Å²) in [5, 5.41) is -0.502. The summed E-state index contributed by atoms with van der Waals surface area (Å²) in [6, 6.07) is 1.32. The molecule has 0 spiro atoms. The summed E-state index contributed by atoms with van der Waals surface area (Å²) in [7, 11) is -10.8. The van der Waals surface area contributed by atoms with Crippen LogP contribution in [-0.4, -0.2) is 87.2 Å². The van der Waals surface area contributed by atoms with E-state index < -0.39 is 42.4 Å². The van der Waals surface area contributed by atoms with Gasteiger partial charge in [0.2, 0.25) is 21.6 Å². The summed E-state index contributed by atoms with van der Waals surface area (Å²) in [5.41, 5.74) is 0. The van der Waals surface area contributed by atoms with Gasteiger partial charge >= 0.3 is 15.2 Å². The van der Waals surface area contributed by atoms with E-state index in [0.717, 1.165) is 6.26 Å². The van der Waals surface area contributed by atoms with Gasteiger partial charge in [0.05, 0.1) is 42.7 Å². The summed E-state index contributed by atoms with van der Waals surface area (Å²) in [5.74, 6) is -0.158. The van der Waals surface area contributed by atoms with Crippen LogP contribution in [0.15, 0.2) is 11.2 Å². The lowest BCUT2D eigenvalue weighted by Gasteiger charge is -2.24. The van der Waals surface area contributed by atoms with Crippen molar-refractivity contribution in [2.75, 3.05) is 32.2 Å². The van der Waals surface area contributed by atoms with Crippen LogP contribution in [0.25, 0.3) is 0 Å². The SMILES string of the molecule is CC(C)OP(=O)(CO[C@H](C)COc1cc(OC[C@H](C)OCP(=O)(OC(C)C)OC(C)C)nc(S(C)(=O)=O)n1)OC(C)C. The summed E-state index contributed by atoms with van der Waals surface area (Å²) in [6.45, 7) is 17.1. The number of rotatable bonds is 21. The molecule has 0 fully saturated rings. The van der Waals surface area contributed by atoms with Gasteiger partial charge in [-0.05, 0) is 69.2 Å². The second-order valence-corrected chi connectivity index (χ2v) is 16.5. The third-order valence-electron chi connectivity index (χ3n) is 4.44. The van der Waals surface area contributed by atoms with Gasteiger partial charge in [-0.2, -0.15) is 9.97 Å². The molecular formula is C25H48N2O12P2S. The summed E-state index contributed by atoms with van der Waals surface area (Å²) >= 11 is 0. The molecule has 0 aliphatic carbocycles. The van der Waals surface area contributed by atoms with Crippen molar-refractivity contribution in [2.24, 2.45) is 0 Å². The smallest absolute Gasteiger partial charge is 0.356 e. The standard InChI is InChI=1S/C25H48N2O12P2S/c1-17(2)36-40(28,37-18(3)4)15-34-21(9)13-32-23-12-24(27-25(26-23)42(11,30)31)33-14-22(10)35-16-41(29,38-19(5)6)39-20(7)8/h12,17-22H,13-16H2,1-11H3/t21-,22+. The zero-order valence-corrected chi connectivity index (χ0v) is 29.1. The maximum atomic E-state index is 13.0. The van der Waals surface area contributed by atoms with Gasteiger partial charge in [-0.25, -0.2) is 8.42 Å². The summed E-state index contributed by atoms with van der Waals surface area (Å²) < 4.78 is 94.8. The van der Waals surface area contributed by atoms with Crippen molar-refractivity contribution in [1.82, 2.24) is 9.97 Å². The Hall–Kier alpha value is -1.15. The first-order chi connectivity index (χ1) is 19.2. The molecule has 0 saturated carbocycles. The van der Waals surface area contributed by atoms with Gasteiger partial charge in [-0.1, -0.05) is 0 Å². The molecule has 0 saturated heterocycles. The predicted octanol–water partition coefficient (Wildman–Crippen LogP) is 5.45. The lowest BCUT2D eigenvalue weighted by molar-refractivity contribution is 0.0334. The normalized spacial score (nSPS) is 14.6.